The van der Waals surface area contributed by atoms with Crippen molar-refractivity contribution in [2.45, 2.75) is 6.54 Å². The average Bonchev–Trinajstić information content (AvgIpc) is 2.64. The quantitative estimate of drug-likeness (QED) is 0.750. The van der Waals surface area contributed by atoms with Gasteiger partial charge in [-0.2, -0.15) is 10.3 Å². The van der Waals surface area contributed by atoms with Crippen LogP contribution in [-0.2, 0) is 6.54 Å². The molecule has 2 aromatic carbocycles. The van der Waals surface area contributed by atoms with E-state index < -0.39 is 5.82 Å². The molecule has 0 saturated carbocycles. The fourth-order valence-electron chi connectivity index (χ4n) is 2.21. The second kappa shape index (κ2) is 8.48. The summed E-state index contributed by atoms with van der Waals surface area (Å²) in [6.07, 6.45) is 0. The molecule has 25 heavy (non-hydrogen) atoms. The first-order valence-corrected chi connectivity index (χ1v) is 7.24. The van der Waals surface area contributed by atoms with E-state index in [2.05, 4.69) is 16.0 Å². The maximum atomic E-state index is 13.4. The van der Waals surface area contributed by atoms with Crippen LogP contribution in [-0.4, -0.2) is 27.3 Å². The van der Waals surface area contributed by atoms with Gasteiger partial charge in [-0.1, -0.05) is 12.1 Å². The normalized spacial score (nSPS) is 9.56. The van der Waals surface area contributed by atoms with Gasteiger partial charge in [0.2, 0.25) is 0 Å². The second-order valence-corrected chi connectivity index (χ2v) is 4.80. The van der Waals surface area contributed by atoms with Crippen molar-refractivity contribution in [3.8, 4) is 23.3 Å². The monoisotopic (exact) mass is 341 g/mol. The molecule has 0 N–H and O–H groups in total. The molecule has 0 unspecified atom stereocenters. The lowest BCUT2D eigenvalue weighted by atomic mass is 10.2. The van der Waals surface area contributed by atoms with E-state index in [1.54, 1.807) is 20.3 Å². The minimum absolute atomic E-state index is 0.0403. The van der Waals surface area contributed by atoms with Gasteiger partial charge in [-0.05, 0) is 12.1 Å². The van der Waals surface area contributed by atoms with E-state index in [9.17, 15) is 4.39 Å². The van der Waals surface area contributed by atoms with Crippen molar-refractivity contribution in [1.29, 1.82) is 5.26 Å². The smallest absolute Gasteiger partial charge is 0.165 e. The van der Waals surface area contributed by atoms with E-state index in [1.165, 1.54) is 7.11 Å². The molecule has 0 amide bonds. The molecule has 0 aliphatic rings. The van der Waals surface area contributed by atoms with E-state index in [0.717, 1.165) is 17.7 Å². The fraction of sp³-hybridized carbons (Fsp3) is 0.222. The van der Waals surface area contributed by atoms with E-state index in [0.29, 0.717) is 11.5 Å². The lowest BCUT2D eigenvalue weighted by Crippen LogP contribution is -1.95. The summed E-state index contributed by atoms with van der Waals surface area (Å²) in [5, 5.41) is 9.10. The maximum Gasteiger partial charge on any atom is 0.165 e. The summed E-state index contributed by atoms with van der Waals surface area (Å²) in [5.74, 6) is 0.732. The summed E-state index contributed by atoms with van der Waals surface area (Å²) in [6.45, 7) is 0.245. The third-order valence-electron chi connectivity index (χ3n) is 3.35. The molecule has 0 atom stereocenters. The van der Waals surface area contributed by atoms with Gasteiger partial charge in [0.25, 0.3) is 0 Å². The van der Waals surface area contributed by atoms with Crippen LogP contribution in [0.2, 0.25) is 0 Å². The first-order valence-electron chi connectivity index (χ1n) is 7.24. The fourth-order valence-corrected chi connectivity index (χ4v) is 2.21. The molecule has 2 aromatic rings. The van der Waals surface area contributed by atoms with Crippen molar-refractivity contribution >= 4 is 11.7 Å². The van der Waals surface area contributed by atoms with Gasteiger partial charge in [0.15, 0.2) is 11.5 Å². The number of benzene rings is 2. The second-order valence-electron chi connectivity index (χ2n) is 4.80. The molecule has 0 bridgehead atoms. The number of aliphatic imine (C=N–C) groups is 2. The van der Waals surface area contributed by atoms with Crippen LogP contribution in [0, 0.1) is 17.1 Å². The van der Waals surface area contributed by atoms with E-state index >= 15 is 0 Å². The molecule has 0 radical (unpaired) electrons. The highest BCUT2D eigenvalue weighted by molar-refractivity contribution is 5.67. The van der Waals surface area contributed by atoms with Gasteiger partial charge in [0.05, 0.1) is 39.4 Å². The molecular formula is C18H16FN3O3. The number of ether oxygens (including phenoxy) is 3. The Labute approximate surface area is 144 Å². The number of para-hydroxylation sites is 1. The van der Waals surface area contributed by atoms with Crippen molar-refractivity contribution in [2.75, 3.05) is 21.3 Å². The van der Waals surface area contributed by atoms with Gasteiger partial charge >= 0.3 is 0 Å². The molecule has 0 spiro atoms. The molecule has 0 aromatic heterocycles. The predicted molar refractivity (Wildman–Crippen MR) is 90.4 cm³/mol. The van der Waals surface area contributed by atoms with E-state index in [1.807, 2.05) is 18.2 Å². The Balaban J connectivity index is 2.31. The lowest BCUT2D eigenvalue weighted by molar-refractivity contribution is 0.352. The molecule has 128 valence electrons. The topological polar surface area (TPSA) is 76.2 Å². The van der Waals surface area contributed by atoms with Crippen LogP contribution in [0.3, 0.4) is 0 Å². The minimum Gasteiger partial charge on any atom is -0.494 e. The highest BCUT2D eigenvalue weighted by Gasteiger charge is 2.11. The number of halogens is 1. The zero-order chi connectivity index (χ0) is 18.2. The minimum atomic E-state index is -0.578. The van der Waals surface area contributed by atoms with Gasteiger partial charge < -0.3 is 14.2 Å². The Hall–Kier alpha value is -3.36. The van der Waals surface area contributed by atoms with Crippen LogP contribution in [0.1, 0.15) is 11.1 Å². The first kappa shape index (κ1) is 18.0. The molecule has 2 rings (SSSR count). The Morgan fingerprint density at radius 1 is 1.08 bits per heavy atom. The van der Waals surface area contributed by atoms with Gasteiger partial charge in [0, 0.05) is 11.6 Å². The SMILES string of the molecule is COc1cc(F)cc(C#N)c1N=C=NCc1cccc(OC)c1OC. The molecule has 0 fully saturated rings. The highest BCUT2D eigenvalue weighted by Crippen LogP contribution is 2.32. The third kappa shape index (κ3) is 4.14. The van der Waals surface area contributed by atoms with Crippen molar-refractivity contribution in [3.05, 3.63) is 47.3 Å². The van der Waals surface area contributed by atoms with Gasteiger partial charge in [-0.15, -0.1) is 0 Å². The number of rotatable bonds is 6. The first-order chi connectivity index (χ1) is 12.1. The zero-order valence-electron chi connectivity index (χ0n) is 14.0. The summed E-state index contributed by atoms with van der Waals surface area (Å²) in [4.78, 5) is 8.08. The summed E-state index contributed by atoms with van der Waals surface area (Å²) in [6, 6.07) is 12.0. The predicted octanol–water partition coefficient (Wildman–Crippen LogP) is 3.73. The largest absolute Gasteiger partial charge is 0.494 e. The van der Waals surface area contributed by atoms with Crippen molar-refractivity contribution < 1.29 is 18.6 Å². The molecule has 7 heteroatoms. The average molecular weight is 341 g/mol. The highest BCUT2D eigenvalue weighted by atomic mass is 19.1. The molecule has 6 nitrogen and oxygen atoms in total. The van der Waals surface area contributed by atoms with Crippen LogP contribution in [0.5, 0.6) is 17.2 Å². The van der Waals surface area contributed by atoms with Gasteiger partial charge in [-0.3, -0.25) is 0 Å². The Kier molecular flexibility index (Phi) is 6.10. The standard InChI is InChI=1S/C18H16FN3O3/c1-23-15-6-4-5-12(18(15)25-3)10-21-11-22-17-13(9-20)7-14(19)8-16(17)24-2/h4-8H,10H2,1-3H3. The third-order valence-corrected chi connectivity index (χ3v) is 3.35. The zero-order valence-corrected chi connectivity index (χ0v) is 14.0. The van der Waals surface area contributed by atoms with Gasteiger partial charge in [0.1, 0.15) is 23.3 Å². The summed E-state index contributed by atoms with van der Waals surface area (Å²) < 4.78 is 29.0. The van der Waals surface area contributed by atoms with E-state index in [4.69, 9.17) is 19.5 Å². The van der Waals surface area contributed by atoms with Crippen LogP contribution >= 0.6 is 0 Å². The van der Waals surface area contributed by atoms with Gasteiger partial charge in [-0.25, -0.2) is 9.38 Å². The van der Waals surface area contributed by atoms with Crippen molar-refractivity contribution in [2.24, 2.45) is 9.98 Å². The number of nitrogens with zero attached hydrogens (tertiary/aromatic N) is 3. The molecular weight excluding hydrogens is 325 g/mol. The lowest BCUT2D eigenvalue weighted by Gasteiger charge is -2.10. The summed E-state index contributed by atoms with van der Waals surface area (Å²) in [5.41, 5.74) is 1.00. The number of hydrogen-bond donors (Lipinski definition) is 0. The molecule has 0 saturated heterocycles. The Morgan fingerprint density at radius 2 is 1.84 bits per heavy atom. The number of hydrogen-bond acceptors (Lipinski definition) is 6. The van der Waals surface area contributed by atoms with Crippen LogP contribution in [0.25, 0.3) is 0 Å². The molecule has 0 heterocycles. The Bertz CT molecular complexity index is 869. The molecule has 0 aliphatic carbocycles. The van der Waals surface area contributed by atoms with Crippen molar-refractivity contribution in [1.82, 2.24) is 0 Å². The maximum absolute atomic E-state index is 13.4. The number of nitriles is 1. The Morgan fingerprint density at radius 3 is 2.48 bits per heavy atom. The summed E-state index contributed by atoms with van der Waals surface area (Å²) in [7, 11) is 4.46. The van der Waals surface area contributed by atoms with Crippen LogP contribution in [0.4, 0.5) is 10.1 Å². The van der Waals surface area contributed by atoms with Crippen molar-refractivity contribution in [3.63, 3.8) is 0 Å². The van der Waals surface area contributed by atoms with E-state index in [-0.39, 0.29) is 23.5 Å². The number of methoxy groups -OCH3 is 3. The summed E-state index contributed by atoms with van der Waals surface area (Å²) >= 11 is 0. The van der Waals surface area contributed by atoms with Crippen LogP contribution < -0.4 is 14.2 Å². The molecule has 0 aliphatic heterocycles. The van der Waals surface area contributed by atoms with Crippen LogP contribution in [0.15, 0.2) is 40.3 Å².